The van der Waals surface area contributed by atoms with Crippen molar-refractivity contribution in [3.8, 4) is 16.2 Å². The van der Waals surface area contributed by atoms with Gasteiger partial charge in [0.25, 0.3) is 11.8 Å². The van der Waals surface area contributed by atoms with Crippen LogP contribution in [0.5, 0.6) is 5.75 Å². The van der Waals surface area contributed by atoms with E-state index in [-0.39, 0.29) is 11.8 Å². The predicted octanol–water partition coefficient (Wildman–Crippen LogP) is 4.96. The first-order valence-corrected chi connectivity index (χ1v) is 10.5. The van der Waals surface area contributed by atoms with Crippen molar-refractivity contribution in [3.63, 3.8) is 0 Å². The van der Waals surface area contributed by atoms with Gasteiger partial charge in [-0.2, -0.15) is 0 Å². The van der Waals surface area contributed by atoms with Crippen LogP contribution in [0, 0.1) is 0 Å². The Morgan fingerprint density at radius 2 is 1.76 bits per heavy atom. The fourth-order valence-electron chi connectivity index (χ4n) is 2.93. The summed E-state index contributed by atoms with van der Waals surface area (Å²) in [5.74, 6) is 0.278. The minimum atomic E-state index is -0.226. The van der Waals surface area contributed by atoms with Gasteiger partial charge in [0.2, 0.25) is 0 Å². The molecule has 2 aromatic carbocycles. The number of ether oxygens (including phenoxy) is 1. The second kappa shape index (κ2) is 8.49. The normalized spacial score (nSPS) is 13.0. The monoisotopic (exact) mass is 406 g/mol. The molecule has 0 unspecified atom stereocenters. The quantitative estimate of drug-likeness (QED) is 0.583. The van der Waals surface area contributed by atoms with E-state index >= 15 is 0 Å². The van der Waals surface area contributed by atoms with Crippen LogP contribution < -0.4 is 15.4 Å². The number of nitrogens with one attached hydrogen (secondary N) is 2. The highest BCUT2D eigenvalue weighted by Gasteiger charge is 2.24. The molecular weight excluding hydrogens is 384 g/mol. The zero-order valence-electron chi connectivity index (χ0n) is 16.1. The third-order valence-electron chi connectivity index (χ3n) is 4.58. The largest absolute Gasteiger partial charge is 0.492 e. The molecule has 4 rings (SSSR count). The Morgan fingerprint density at radius 3 is 2.41 bits per heavy atom. The van der Waals surface area contributed by atoms with Gasteiger partial charge in [-0.15, -0.1) is 11.3 Å². The first-order chi connectivity index (χ1) is 14.1. The predicted molar refractivity (Wildman–Crippen MR) is 116 cm³/mol. The van der Waals surface area contributed by atoms with E-state index in [1.807, 2.05) is 43.3 Å². The highest BCUT2D eigenvalue weighted by molar-refractivity contribution is 7.17. The topological polar surface area (TPSA) is 67.4 Å². The lowest BCUT2D eigenvalue weighted by Gasteiger charge is -2.08. The second-order valence-electron chi connectivity index (χ2n) is 6.88. The SMILES string of the molecule is CCOc1cc(-c2ccccc2)sc1C(=O)Nc1ccc(C(=O)NC2CC2)cc1. The number of thiophene rings is 1. The van der Waals surface area contributed by atoms with Gasteiger partial charge in [-0.1, -0.05) is 30.3 Å². The van der Waals surface area contributed by atoms with Gasteiger partial charge in [0.1, 0.15) is 10.6 Å². The van der Waals surface area contributed by atoms with Gasteiger partial charge in [-0.05, 0) is 55.7 Å². The van der Waals surface area contributed by atoms with E-state index in [0.29, 0.717) is 34.5 Å². The Labute approximate surface area is 173 Å². The zero-order valence-corrected chi connectivity index (χ0v) is 16.9. The van der Waals surface area contributed by atoms with Crippen molar-refractivity contribution in [2.75, 3.05) is 11.9 Å². The highest BCUT2D eigenvalue weighted by Crippen LogP contribution is 2.36. The maximum Gasteiger partial charge on any atom is 0.269 e. The van der Waals surface area contributed by atoms with Gasteiger partial charge >= 0.3 is 0 Å². The molecule has 1 fully saturated rings. The van der Waals surface area contributed by atoms with Gasteiger partial charge in [0.05, 0.1) is 6.61 Å². The molecule has 5 nitrogen and oxygen atoms in total. The summed E-state index contributed by atoms with van der Waals surface area (Å²) < 4.78 is 5.69. The molecule has 2 amide bonds. The zero-order chi connectivity index (χ0) is 20.2. The van der Waals surface area contributed by atoms with Gasteiger partial charge in [0.15, 0.2) is 0 Å². The molecule has 1 saturated carbocycles. The van der Waals surface area contributed by atoms with E-state index in [2.05, 4.69) is 10.6 Å². The Kier molecular flexibility index (Phi) is 5.62. The van der Waals surface area contributed by atoms with Crippen LogP contribution in [-0.4, -0.2) is 24.5 Å². The van der Waals surface area contributed by atoms with E-state index in [1.165, 1.54) is 11.3 Å². The molecule has 1 heterocycles. The molecule has 0 aliphatic heterocycles. The summed E-state index contributed by atoms with van der Waals surface area (Å²) in [5, 5.41) is 5.86. The van der Waals surface area contributed by atoms with Gasteiger partial charge < -0.3 is 15.4 Å². The summed E-state index contributed by atoms with van der Waals surface area (Å²) in [6.07, 6.45) is 2.10. The van der Waals surface area contributed by atoms with Crippen LogP contribution in [0.3, 0.4) is 0 Å². The third-order valence-corrected chi connectivity index (χ3v) is 5.74. The minimum Gasteiger partial charge on any atom is -0.492 e. The molecule has 0 atom stereocenters. The maximum atomic E-state index is 12.9. The molecular formula is C23H22N2O3S. The van der Waals surface area contributed by atoms with E-state index < -0.39 is 0 Å². The van der Waals surface area contributed by atoms with Crippen molar-refractivity contribution in [2.45, 2.75) is 25.8 Å². The molecule has 6 heteroatoms. The van der Waals surface area contributed by atoms with Crippen LogP contribution in [0.1, 0.15) is 39.8 Å². The molecule has 0 saturated heterocycles. The van der Waals surface area contributed by atoms with Crippen molar-refractivity contribution in [2.24, 2.45) is 0 Å². The van der Waals surface area contributed by atoms with Crippen molar-refractivity contribution in [1.82, 2.24) is 5.32 Å². The lowest BCUT2D eigenvalue weighted by atomic mass is 10.2. The molecule has 148 valence electrons. The summed E-state index contributed by atoms with van der Waals surface area (Å²) in [4.78, 5) is 26.5. The van der Waals surface area contributed by atoms with Crippen LogP contribution in [-0.2, 0) is 0 Å². The van der Waals surface area contributed by atoms with E-state index in [9.17, 15) is 9.59 Å². The lowest BCUT2D eigenvalue weighted by Crippen LogP contribution is -2.25. The summed E-state index contributed by atoms with van der Waals surface area (Å²) in [5.41, 5.74) is 2.27. The number of hydrogen-bond donors (Lipinski definition) is 2. The highest BCUT2D eigenvalue weighted by atomic mass is 32.1. The Bertz CT molecular complexity index is 1010. The summed E-state index contributed by atoms with van der Waals surface area (Å²) >= 11 is 1.40. The molecule has 0 spiro atoms. The molecule has 1 aliphatic rings. The summed E-state index contributed by atoms with van der Waals surface area (Å²) in [6.45, 7) is 2.38. The number of hydrogen-bond acceptors (Lipinski definition) is 4. The number of rotatable bonds is 7. The van der Waals surface area contributed by atoms with Crippen molar-refractivity contribution in [1.29, 1.82) is 0 Å². The smallest absolute Gasteiger partial charge is 0.269 e. The van der Waals surface area contributed by atoms with E-state index in [4.69, 9.17) is 4.74 Å². The average molecular weight is 407 g/mol. The standard InChI is InChI=1S/C23H22N2O3S/c1-2-28-19-14-20(15-6-4-3-5-7-15)29-21(19)23(27)25-17-10-8-16(9-11-17)22(26)24-18-12-13-18/h3-11,14,18H,2,12-13H2,1H3,(H,24,26)(H,25,27). The number of benzene rings is 2. The molecule has 1 aliphatic carbocycles. The fraction of sp³-hybridized carbons (Fsp3) is 0.217. The van der Waals surface area contributed by atoms with Gasteiger partial charge in [-0.3, -0.25) is 9.59 Å². The maximum absolute atomic E-state index is 12.9. The van der Waals surface area contributed by atoms with Gasteiger partial charge in [-0.25, -0.2) is 0 Å². The average Bonchev–Trinajstić information content (AvgIpc) is 3.45. The lowest BCUT2D eigenvalue weighted by molar-refractivity contribution is 0.0950. The van der Waals surface area contributed by atoms with Crippen molar-refractivity contribution >= 4 is 28.8 Å². The first-order valence-electron chi connectivity index (χ1n) is 9.68. The first kappa shape index (κ1) is 19.2. The minimum absolute atomic E-state index is 0.0743. The van der Waals surface area contributed by atoms with Crippen molar-refractivity contribution < 1.29 is 14.3 Å². The molecule has 1 aromatic heterocycles. The van der Waals surface area contributed by atoms with Crippen LogP contribution in [0.4, 0.5) is 5.69 Å². The van der Waals surface area contributed by atoms with Crippen LogP contribution in [0.25, 0.3) is 10.4 Å². The van der Waals surface area contributed by atoms with E-state index in [0.717, 1.165) is 23.3 Å². The molecule has 3 aromatic rings. The number of anilines is 1. The molecule has 0 bridgehead atoms. The molecule has 29 heavy (non-hydrogen) atoms. The summed E-state index contributed by atoms with van der Waals surface area (Å²) in [7, 11) is 0. The third kappa shape index (κ3) is 4.66. The Morgan fingerprint density at radius 1 is 1.03 bits per heavy atom. The summed E-state index contributed by atoms with van der Waals surface area (Å²) in [6, 6.07) is 19.1. The Hall–Kier alpha value is -3.12. The van der Waals surface area contributed by atoms with Crippen molar-refractivity contribution in [3.05, 3.63) is 71.1 Å². The fourth-order valence-corrected chi connectivity index (χ4v) is 3.93. The molecule has 2 N–H and O–H groups in total. The molecule has 0 radical (unpaired) electrons. The van der Waals surface area contributed by atoms with Gasteiger partial charge in [0, 0.05) is 22.2 Å². The van der Waals surface area contributed by atoms with Crippen LogP contribution in [0.2, 0.25) is 0 Å². The second-order valence-corrected chi connectivity index (χ2v) is 7.93. The Balaban J connectivity index is 1.50. The van der Waals surface area contributed by atoms with Crippen LogP contribution in [0.15, 0.2) is 60.7 Å². The van der Waals surface area contributed by atoms with Crippen LogP contribution >= 0.6 is 11.3 Å². The van der Waals surface area contributed by atoms with E-state index in [1.54, 1.807) is 24.3 Å². The number of amides is 2. The number of carbonyl (C=O) groups excluding carboxylic acids is 2. The number of carbonyl (C=O) groups is 2.